The van der Waals surface area contributed by atoms with E-state index in [9.17, 15) is 9.59 Å². The molecule has 1 aromatic carbocycles. The van der Waals surface area contributed by atoms with E-state index in [0.29, 0.717) is 22.7 Å². The summed E-state index contributed by atoms with van der Waals surface area (Å²) in [5.41, 5.74) is 7.78. The van der Waals surface area contributed by atoms with Crippen molar-refractivity contribution in [3.05, 3.63) is 28.8 Å². The number of hydrogen-bond acceptors (Lipinski definition) is 3. The fourth-order valence-electron chi connectivity index (χ4n) is 7.68. The fourth-order valence-corrected chi connectivity index (χ4v) is 7.91. The van der Waals surface area contributed by atoms with Gasteiger partial charge in [0.15, 0.2) is 0 Å². The van der Waals surface area contributed by atoms with Crippen molar-refractivity contribution >= 4 is 29.2 Å². The number of hydrogen-bond donors (Lipinski definition) is 3. The third-order valence-electron chi connectivity index (χ3n) is 9.04. The van der Waals surface area contributed by atoms with Crippen LogP contribution in [0.25, 0.3) is 0 Å². The molecule has 6 nitrogen and oxygen atoms in total. The number of piperidine rings is 1. The molecule has 1 saturated heterocycles. The van der Waals surface area contributed by atoms with Crippen LogP contribution in [0.5, 0.6) is 0 Å². The van der Waals surface area contributed by atoms with Gasteiger partial charge in [0, 0.05) is 12.5 Å². The summed E-state index contributed by atoms with van der Waals surface area (Å²) >= 11 is 6.64. The minimum atomic E-state index is -0.202. The van der Waals surface area contributed by atoms with Gasteiger partial charge in [-0.1, -0.05) is 17.7 Å². The first-order valence-electron chi connectivity index (χ1n) is 13.3. The zero-order valence-corrected chi connectivity index (χ0v) is 20.9. The zero-order chi connectivity index (χ0) is 23.7. The molecule has 186 valence electrons. The molecule has 7 heteroatoms. The Balaban J connectivity index is 1.05. The van der Waals surface area contributed by atoms with E-state index in [2.05, 4.69) is 27.7 Å². The molecule has 1 aliphatic heterocycles. The van der Waals surface area contributed by atoms with Crippen molar-refractivity contribution < 1.29 is 9.59 Å². The number of unbranched alkanes of at least 4 members (excludes halogenated alkanes) is 1. The zero-order valence-electron chi connectivity index (χ0n) is 20.2. The number of nitrogens with zero attached hydrogens (tertiary/aromatic N) is 1. The topological polar surface area (TPSA) is 87.5 Å². The van der Waals surface area contributed by atoms with E-state index in [0.717, 1.165) is 63.1 Å². The van der Waals surface area contributed by atoms with Gasteiger partial charge in [0.1, 0.15) is 0 Å². The molecule has 0 aromatic heterocycles. The lowest BCUT2D eigenvalue weighted by Crippen LogP contribution is -2.48. The van der Waals surface area contributed by atoms with Crippen LogP contribution in [0.15, 0.2) is 18.2 Å². The van der Waals surface area contributed by atoms with Gasteiger partial charge in [0.25, 0.3) is 0 Å². The average molecular weight is 487 g/mol. The van der Waals surface area contributed by atoms with Gasteiger partial charge in [-0.05, 0) is 125 Å². The molecular formula is C27H39ClN4O2. The third-order valence-corrected chi connectivity index (χ3v) is 9.36. The second kappa shape index (κ2) is 10.1. The maximum atomic E-state index is 12.4. The number of anilines is 1. The number of benzene rings is 1. The molecule has 5 fully saturated rings. The lowest BCUT2D eigenvalue weighted by Gasteiger charge is -2.57. The Labute approximate surface area is 208 Å². The number of nitrogens with two attached hydrogens (primary N) is 1. The number of carbonyl (C=O) groups is 2. The standard InChI is InChI=1S/C27H39ClN4O2/c28-23-14-22(27-15-18-11-19(16-27)13-20(12-18)17-27)3-4-24(23)31-26(34)30-7-1-2-8-32-9-5-21(6-10-32)25(29)33/h3-4,14,18-21H,1-2,5-13,15-17H2,(H2,29,33)(H2,30,31,34). The molecule has 4 N–H and O–H groups in total. The lowest BCUT2D eigenvalue weighted by atomic mass is 9.48. The summed E-state index contributed by atoms with van der Waals surface area (Å²) in [6, 6.07) is 6.11. The van der Waals surface area contributed by atoms with Gasteiger partial charge in [0.2, 0.25) is 5.91 Å². The summed E-state index contributed by atoms with van der Waals surface area (Å²) in [5.74, 6) is 2.56. The molecule has 4 aliphatic carbocycles. The highest BCUT2D eigenvalue weighted by molar-refractivity contribution is 6.33. The number of carbonyl (C=O) groups excluding carboxylic acids is 2. The van der Waals surface area contributed by atoms with E-state index in [-0.39, 0.29) is 17.9 Å². The third kappa shape index (κ3) is 5.23. The van der Waals surface area contributed by atoms with Crippen LogP contribution in [0.1, 0.15) is 69.8 Å². The first kappa shape index (κ1) is 23.9. The average Bonchev–Trinajstić information content (AvgIpc) is 2.79. The highest BCUT2D eigenvalue weighted by Gasteiger charge is 2.51. The van der Waals surface area contributed by atoms with Crippen molar-refractivity contribution in [3.63, 3.8) is 0 Å². The molecule has 6 rings (SSSR count). The molecule has 0 atom stereocenters. The fraction of sp³-hybridized carbons (Fsp3) is 0.704. The lowest BCUT2D eigenvalue weighted by molar-refractivity contribution is -0.123. The summed E-state index contributed by atoms with van der Waals surface area (Å²) in [6.07, 6.45) is 11.9. The highest BCUT2D eigenvalue weighted by atomic mass is 35.5. The summed E-state index contributed by atoms with van der Waals surface area (Å²) in [4.78, 5) is 26.1. The van der Waals surface area contributed by atoms with Crippen molar-refractivity contribution in [1.29, 1.82) is 0 Å². The van der Waals surface area contributed by atoms with Crippen molar-refractivity contribution in [2.75, 3.05) is 31.5 Å². The summed E-state index contributed by atoms with van der Waals surface area (Å²) in [7, 11) is 0. The van der Waals surface area contributed by atoms with Gasteiger partial charge in [-0.3, -0.25) is 4.79 Å². The molecule has 4 saturated carbocycles. The monoisotopic (exact) mass is 486 g/mol. The van der Waals surface area contributed by atoms with Crippen LogP contribution in [0, 0.1) is 23.7 Å². The van der Waals surface area contributed by atoms with Gasteiger partial charge in [-0.2, -0.15) is 0 Å². The van der Waals surface area contributed by atoms with Crippen LogP contribution in [0.4, 0.5) is 10.5 Å². The molecule has 34 heavy (non-hydrogen) atoms. The molecule has 1 aromatic rings. The van der Waals surface area contributed by atoms with Gasteiger partial charge >= 0.3 is 6.03 Å². The Morgan fingerprint density at radius 1 is 1.03 bits per heavy atom. The van der Waals surface area contributed by atoms with E-state index in [1.165, 1.54) is 44.1 Å². The molecule has 5 aliphatic rings. The molecule has 0 spiro atoms. The number of likely N-dealkylation sites (tertiary alicyclic amines) is 1. The minimum Gasteiger partial charge on any atom is -0.369 e. The minimum absolute atomic E-state index is 0.0370. The number of urea groups is 1. The van der Waals surface area contributed by atoms with Crippen LogP contribution < -0.4 is 16.4 Å². The molecular weight excluding hydrogens is 448 g/mol. The Morgan fingerprint density at radius 2 is 1.68 bits per heavy atom. The first-order chi connectivity index (χ1) is 16.4. The highest BCUT2D eigenvalue weighted by Crippen LogP contribution is 2.61. The Kier molecular flexibility index (Phi) is 7.08. The van der Waals surface area contributed by atoms with Gasteiger partial charge in [-0.25, -0.2) is 4.79 Å². The second-order valence-electron chi connectivity index (χ2n) is 11.5. The Bertz CT molecular complexity index is 877. The van der Waals surface area contributed by atoms with Crippen LogP contribution in [-0.2, 0) is 10.2 Å². The largest absolute Gasteiger partial charge is 0.369 e. The van der Waals surface area contributed by atoms with Gasteiger partial charge in [-0.15, -0.1) is 0 Å². The predicted octanol–water partition coefficient (Wildman–Crippen LogP) is 4.91. The van der Waals surface area contributed by atoms with Crippen molar-refractivity contribution in [2.24, 2.45) is 29.4 Å². The van der Waals surface area contributed by atoms with E-state index in [1.54, 1.807) is 0 Å². The number of rotatable bonds is 8. The maximum absolute atomic E-state index is 12.4. The molecule has 3 amide bonds. The number of nitrogens with one attached hydrogen (secondary N) is 2. The SMILES string of the molecule is NC(=O)C1CCN(CCCCNC(=O)Nc2ccc(C34CC5CC(CC(C5)C3)C4)cc2Cl)CC1. The maximum Gasteiger partial charge on any atom is 0.319 e. The first-order valence-corrected chi connectivity index (χ1v) is 13.6. The van der Waals surface area contributed by atoms with E-state index >= 15 is 0 Å². The normalized spacial score (nSPS) is 30.9. The van der Waals surface area contributed by atoms with Crippen LogP contribution in [0.3, 0.4) is 0 Å². The van der Waals surface area contributed by atoms with Crippen LogP contribution in [-0.4, -0.2) is 43.0 Å². The van der Waals surface area contributed by atoms with Crippen molar-refractivity contribution in [2.45, 2.75) is 69.6 Å². The molecule has 4 bridgehead atoms. The Morgan fingerprint density at radius 3 is 2.26 bits per heavy atom. The van der Waals surface area contributed by atoms with Gasteiger partial charge in [0.05, 0.1) is 10.7 Å². The van der Waals surface area contributed by atoms with Crippen molar-refractivity contribution in [1.82, 2.24) is 10.2 Å². The van der Waals surface area contributed by atoms with Crippen LogP contribution in [0.2, 0.25) is 5.02 Å². The predicted molar refractivity (Wildman–Crippen MR) is 136 cm³/mol. The van der Waals surface area contributed by atoms with E-state index in [4.69, 9.17) is 17.3 Å². The molecule has 0 unspecified atom stereocenters. The Hall–Kier alpha value is -1.79. The number of halogens is 1. The van der Waals surface area contributed by atoms with Gasteiger partial charge < -0.3 is 21.3 Å². The molecule has 0 radical (unpaired) electrons. The smallest absolute Gasteiger partial charge is 0.319 e. The number of amides is 3. The van der Waals surface area contributed by atoms with Crippen LogP contribution >= 0.6 is 11.6 Å². The quantitative estimate of drug-likeness (QED) is 0.456. The van der Waals surface area contributed by atoms with E-state index in [1.807, 2.05) is 6.07 Å². The summed E-state index contributed by atoms with van der Waals surface area (Å²) in [5, 5.41) is 6.53. The number of primary amides is 1. The summed E-state index contributed by atoms with van der Waals surface area (Å²) < 4.78 is 0. The second-order valence-corrected chi connectivity index (χ2v) is 11.9. The van der Waals surface area contributed by atoms with E-state index < -0.39 is 0 Å². The molecule has 1 heterocycles. The van der Waals surface area contributed by atoms with Crippen molar-refractivity contribution in [3.8, 4) is 0 Å². The summed E-state index contributed by atoms with van der Waals surface area (Å²) in [6.45, 7) is 3.48.